The highest BCUT2D eigenvalue weighted by atomic mass is 32.2. The van der Waals surface area contributed by atoms with Gasteiger partial charge in [0.15, 0.2) is 0 Å². The smallest absolute Gasteiger partial charge is 0.323 e. The van der Waals surface area contributed by atoms with Gasteiger partial charge in [0.1, 0.15) is 0 Å². The molecule has 0 amide bonds. The van der Waals surface area contributed by atoms with Gasteiger partial charge in [0, 0.05) is 35.4 Å². The van der Waals surface area contributed by atoms with E-state index >= 15 is 0 Å². The number of rotatable bonds is 5. The van der Waals surface area contributed by atoms with Gasteiger partial charge in [-0.1, -0.05) is 0 Å². The second kappa shape index (κ2) is 6.83. The summed E-state index contributed by atoms with van der Waals surface area (Å²) in [5.41, 5.74) is 0. The second-order valence-corrected chi connectivity index (χ2v) is 6.64. The van der Waals surface area contributed by atoms with Crippen LogP contribution in [-0.2, 0) is 10.8 Å². The minimum atomic E-state index is -0.667. The first-order chi connectivity index (χ1) is 9.56. The van der Waals surface area contributed by atoms with E-state index in [0.717, 1.165) is 24.3 Å². The van der Waals surface area contributed by atoms with E-state index in [1.54, 1.807) is 7.05 Å². The van der Waals surface area contributed by atoms with Gasteiger partial charge < -0.3 is 15.4 Å². The van der Waals surface area contributed by atoms with Gasteiger partial charge in [-0.05, 0) is 26.7 Å². The standard InChI is InChI=1S/C12H21N5O2S/c1-8(2)19-12-16-10(13-3)15-11(17-12)14-9-4-6-20(18)7-5-9/h8-9H,4-7H2,1-3H3,(H2,13,14,15,16,17). The molecule has 1 aromatic heterocycles. The van der Waals surface area contributed by atoms with Crippen LogP contribution in [-0.4, -0.2) is 49.9 Å². The largest absolute Gasteiger partial charge is 0.461 e. The SMILES string of the molecule is CNc1nc(NC2CCS(=O)CC2)nc(OC(C)C)n1. The molecule has 0 aromatic carbocycles. The monoisotopic (exact) mass is 299 g/mol. The number of hydrogen-bond acceptors (Lipinski definition) is 7. The van der Waals surface area contributed by atoms with Crippen LogP contribution in [0.4, 0.5) is 11.9 Å². The number of ether oxygens (including phenoxy) is 1. The molecule has 7 nitrogen and oxygen atoms in total. The summed E-state index contributed by atoms with van der Waals surface area (Å²) in [6.45, 7) is 3.85. The van der Waals surface area contributed by atoms with Crippen molar-refractivity contribution in [2.75, 3.05) is 29.2 Å². The Bertz CT molecular complexity index is 473. The van der Waals surface area contributed by atoms with E-state index in [1.165, 1.54) is 0 Å². The molecule has 1 aliphatic rings. The van der Waals surface area contributed by atoms with E-state index in [0.29, 0.717) is 17.9 Å². The summed E-state index contributed by atoms with van der Waals surface area (Å²) in [6, 6.07) is 0.563. The van der Waals surface area contributed by atoms with Crippen molar-refractivity contribution < 1.29 is 8.95 Å². The van der Waals surface area contributed by atoms with Crippen LogP contribution in [0.5, 0.6) is 6.01 Å². The van der Waals surface area contributed by atoms with Crippen LogP contribution < -0.4 is 15.4 Å². The summed E-state index contributed by atoms with van der Waals surface area (Å²) in [7, 11) is 1.08. The molecule has 1 fully saturated rings. The molecule has 8 heteroatoms. The lowest BCUT2D eigenvalue weighted by Crippen LogP contribution is -2.30. The van der Waals surface area contributed by atoms with Gasteiger partial charge in [-0.15, -0.1) is 0 Å². The third-order valence-electron chi connectivity index (χ3n) is 2.90. The van der Waals surface area contributed by atoms with Crippen LogP contribution in [0.2, 0.25) is 0 Å². The van der Waals surface area contributed by atoms with Crippen LogP contribution >= 0.6 is 0 Å². The van der Waals surface area contributed by atoms with Gasteiger partial charge in [-0.25, -0.2) is 0 Å². The number of nitrogens with zero attached hydrogens (tertiary/aromatic N) is 3. The maximum absolute atomic E-state index is 11.3. The molecule has 1 aliphatic heterocycles. The maximum atomic E-state index is 11.3. The summed E-state index contributed by atoms with van der Waals surface area (Å²) in [4.78, 5) is 12.7. The molecule has 0 spiro atoms. The molecule has 0 unspecified atom stereocenters. The van der Waals surface area contributed by atoms with Gasteiger partial charge >= 0.3 is 6.01 Å². The molecule has 0 bridgehead atoms. The predicted molar refractivity (Wildman–Crippen MR) is 79.7 cm³/mol. The average molecular weight is 299 g/mol. The zero-order valence-electron chi connectivity index (χ0n) is 12.0. The summed E-state index contributed by atoms with van der Waals surface area (Å²) in [5, 5.41) is 6.17. The lowest BCUT2D eigenvalue weighted by atomic mass is 10.2. The number of anilines is 2. The maximum Gasteiger partial charge on any atom is 0.323 e. The van der Waals surface area contributed by atoms with E-state index in [4.69, 9.17) is 4.74 Å². The Morgan fingerprint density at radius 3 is 2.45 bits per heavy atom. The highest BCUT2D eigenvalue weighted by molar-refractivity contribution is 7.85. The Kier molecular flexibility index (Phi) is 5.11. The van der Waals surface area contributed by atoms with Gasteiger partial charge in [-0.3, -0.25) is 4.21 Å². The molecular weight excluding hydrogens is 278 g/mol. The van der Waals surface area contributed by atoms with Crippen LogP contribution in [0.25, 0.3) is 0 Å². The van der Waals surface area contributed by atoms with Crippen LogP contribution in [0, 0.1) is 0 Å². The van der Waals surface area contributed by atoms with Crippen molar-refractivity contribution in [3.8, 4) is 6.01 Å². The molecular formula is C12H21N5O2S. The van der Waals surface area contributed by atoms with Gasteiger partial charge in [0.2, 0.25) is 11.9 Å². The van der Waals surface area contributed by atoms with Gasteiger partial charge in [0.05, 0.1) is 6.10 Å². The van der Waals surface area contributed by atoms with Crippen molar-refractivity contribution in [1.82, 2.24) is 15.0 Å². The molecule has 1 aromatic rings. The highest BCUT2D eigenvalue weighted by Gasteiger charge is 2.19. The van der Waals surface area contributed by atoms with Crippen LogP contribution in [0.1, 0.15) is 26.7 Å². The Balaban J connectivity index is 2.07. The zero-order valence-corrected chi connectivity index (χ0v) is 12.9. The molecule has 112 valence electrons. The van der Waals surface area contributed by atoms with Crippen molar-refractivity contribution in [3.63, 3.8) is 0 Å². The van der Waals surface area contributed by atoms with Crippen molar-refractivity contribution in [2.24, 2.45) is 0 Å². The Morgan fingerprint density at radius 2 is 1.85 bits per heavy atom. The molecule has 0 atom stereocenters. The summed E-state index contributed by atoms with van der Waals surface area (Å²) >= 11 is 0. The summed E-state index contributed by atoms with van der Waals surface area (Å²) < 4.78 is 16.9. The molecule has 0 saturated carbocycles. The third-order valence-corrected chi connectivity index (χ3v) is 4.28. The minimum Gasteiger partial charge on any atom is -0.461 e. The van der Waals surface area contributed by atoms with Crippen molar-refractivity contribution in [1.29, 1.82) is 0 Å². The lowest BCUT2D eigenvalue weighted by Gasteiger charge is -2.22. The first kappa shape index (κ1) is 15.0. The lowest BCUT2D eigenvalue weighted by molar-refractivity contribution is 0.222. The molecule has 1 saturated heterocycles. The molecule has 0 aliphatic carbocycles. The average Bonchev–Trinajstić information content (AvgIpc) is 2.40. The first-order valence-corrected chi connectivity index (χ1v) is 8.27. The number of hydrogen-bond donors (Lipinski definition) is 2. The fraction of sp³-hybridized carbons (Fsp3) is 0.750. The quantitative estimate of drug-likeness (QED) is 0.839. The fourth-order valence-corrected chi connectivity index (χ4v) is 3.22. The summed E-state index contributed by atoms with van der Waals surface area (Å²) in [6.07, 6.45) is 1.74. The molecule has 2 N–H and O–H groups in total. The fourth-order valence-electron chi connectivity index (χ4n) is 1.92. The topological polar surface area (TPSA) is 89.0 Å². The molecule has 0 radical (unpaired) electrons. The zero-order chi connectivity index (χ0) is 14.5. The van der Waals surface area contributed by atoms with Crippen molar-refractivity contribution in [2.45, 2.75) is 38.8 Å². The molecule has 2 heterocycles. The van der Waals surface area contributed by atoms with Crippen LogP contribution in [0.3, 0.4) is 0 Å². The van der Waals surface area contributed by atoms with E-state index in [1.807, 2.05) is 13.8 Å². The first-order valence-electron chi connectivity index (χ1n) is 6.79. The Labute approximate surface area is 121 Å². The summed E-state index contributed by atoms with van der Waals surface area (Å²) in [5.74, 6) is 2.43. The van der Waals surface area contributed by atoms with E-state index < -0.39 is 10.8 Å². The third kappa shape index (κ3) is 4.29. The minimum absolute atomic E-state index is 0.00654. The van der Waals surface area contributed by atoms with Crippen molar-refractivity contribution >= 4 is 22.7 Å². The molecule has 20 heavy (non-hydrogen) atoms. The van der Waals surface area contributed by atoms with E-state index in [-0.39, 0.29) is 12.1 Å². The number of nitrogens with one attached hydrogen (secondary N) is 2. The Hall–Kier alpha value is -1.44. The number of aromatic nitrogens is 3. The van der Waals surface area contributed by atoms with Gasteiger partial charge in [-0.2, -0.15) is 15.0 Å². The van der Waals surface area contributed by atoms with Crippen LogP contribution in [0.15, 0.2) is 0 Å². The molecule has 2 rings (SSSR count). The Morgan fingerprint density at radius 1 is 1.20 bits per heavy atom. The normalized spacial score (nSPS) is 22.6. The van der Waals surface area contributed by atoms with Crippen molar-refractivity contribution in [3.05, 3.63) is 0 Å². The van der Waals surface area contributed by atoms with E-state index in [9.17, 15) is 4.21 Å². The second-order valence-electron chi connectivity index (χ2n) is 4.95. The van der Waals surface area contributed by atoms with E-state index in [2.05, 4.69) is 25.6 Å². The highest BCUT2D eigenvalue weighted by Crippen LogP contribution is 2.17. The van der Waals surface area contributed by atoms with Gasteiger partial charge in [0.25, 0.3) is 0 Å². The predicted octanol–water partition coefficient (Wildman–Crippen LogP) is 1.02.